The molecule has 4 heteroatoms. The van der Waals surface area contributed by atoms with Gasteiger partial charge in [-0.2, -0.15) is 0 Å². The second-order valence-corrected chi connectivity index (χ2v) is 5.78. The normalized spacial score (nSPS) is 12.2. The Morgan fingerprint density at radius 1 is 1.14 bits per heavy atom. The van der Waals surface area contributed by atoms with E-state index in [1.165, 1.54) is 0 Å². The minimum absolute atomic E-state index is 0.260. The fraction of sp³-hybridized carbons (Fsp3) is 0.294. The van der Waals surface area contributed by atoms with E-state index in [9.17, 15) is 0 Å². The van der Waals surface area contributed by atoms with E-state index in [4.69, 9.17) is 27.9 Å². The zero-order chi connectivity index (χ0) is 15.2. The molecule has 2 aromatic rings. The summed E-state index contributed by atoms with van der Waals surface area (Å²) < 4.78 is 5.43. The lowest BCUT2D eigenvalue weighted by Crippen LogP contribution is -2.19. The quantitative estimate of drug-likeness (QED) is 0.842. The number of likely N-dealkylation sites (N-methyl/N-ethyl adjacent to an activating group) is 1. The molecule has 0 spiro atoms. The SMILES string of the molecule is CNCC(Cc1cc(Cl)ccc1OC)c1ccccc1Cl. The average molecular weight is 324 g/mol. The Kier molecular flexibility index (Phi) is 5.92. The number of hydrogen-bond donors (Lipinski definition) is 1. The van der Waals surface area contributed by atoms with Crippen molar-refractivity contribution < 1.29 is 4.74 Å². The van der Waals surface area contributed by atoms with Crippen LogP contribution in [0.1, 0.15) is 17.0 Å². The van der Waals surface area contributed by atoms with E-state index in [1.54, 1.807) is 7.11 Å². The number of methoxy groups -OCH3 is 1. The van der Waals surface area contributed by atoms with E-state index < -0.39 is 0 Å². The van der Waals surface area contributed by atoms with Crippen molar-refractivity contribution >= 4 is 23.2 Å². The molecule has 0 aliphatic carbocycles. The lowest BCUT2D eigenvalue weighted by molar-refractivity contribution is 0.407. The molecular formula is C17H19Cl2NO. The molecule has 1 N–H and O–H groups in total. The first-order chi connectivity index (χ1) is 10.2. The summed E-state index contributed by atoms with van der Waals surface area (Å²) in [4.78, 5) is 0. The first-order valence-electron chi connectivity index (χ1n) is 6.87. The Balaban J connectivity index is 2.33. The van der Waals surface area contributed by atoms with Crippen LogP contribution in [0.15, 0.2) is 42.5 Å². The highest BCUT2D eigenvalue weighted by Gasteiger charge is 2.17. The van der Waals surface area contributed by atoms with Gasteiger partial charge in [-0.1, -0.05) is 41.4 Å². The Bertz CT molecular complexity index is 601. The standard InChI is InChI=1S/C17H19Cl2NO/c1-20-11-13(15-5-3-4-6-16(15)19)9-12-10-14(18)7-8-17(12)21-2/h3-8,10,13,20H,9,11H2,1-2H3. The predicted octanol–water partition coefficient (Wildman–Crippen LogP) is 4.55. The Morgan fingerprint density at radius 2 is 1.90 bits per heavy atom. The van der Waals surface area contributed by atoms with Gasteiger partial charge in [0, 0.05) is 22.5 Å². The van der Waals surface area contributed by atoms with Crippen molar-refractivity contribution in [3.8, 4) is 5.75 Å². The maximum absolute atomic E-state index is 6.34. The number of ether oxygens (including phenoxy) is 1. The summed E-state index contributed by atoms with van der Waals surface area (Å²) in [5.74, 6) is 1.11. The highest BCUT2D eigenvalue weighted by Crippen LogP contribution is 2.31. The van der Waals surface area contributed by atoms with Gasteiger partial charge >= 0.3 is 0 Å². The highest BCUT2D eigenvalue weighted by molar-refractivity contribution is 6.31. The maximum Gasteiger partial charge on any atom is 0.122 e. The van der Waals surface area contributed by atoms with Crippen LogP contribution < -0.4 is 10.1 Å². The molecule has 0 bridgehead atoms. The molecule has 0 saturated carbocycles. The van der Waals surface area contributed by atoms with Gasteiger partial charge in [0.25, 0.3) is 0 Å². The van der Waals surface area contributed by atoms with Crippen LogP contribution in [0, 0.1) is 0 Å². The molecule has 112 valence electrons. The fourth-order valence-electron chi connectivity index (χ4n) is 2.52. The first kappa shape index (κ1) is 16.2. The molecule has 0 heterocycles. The summed E-state index contributed by atoms with van der Waals surface area (Å²) in [5.41, 5.74) is 2.22. The van der Waals surface area contributed by atoms with Crippen molar-refractivity contribution in [3.05, 3.63) is 63.6 Å². The lowest BCUT2D eigenvalue weighted by atomic mass is 9.91. The zero-order valence-corrected chi connectivity index (χ0v) is 13.7. The van der Waals surface area contributed by atoms with Crippen LogP contribution in [-0.4, -0.2) is 20.7 Å². The average Bonchev–Trinajstić information content (AvgIpc) is 2.48. The minimum Gasteiger partial charge on any atom is -0.496 e. The Hall–Kier alpha value is -1.22. The molecule has 1 unspecified atom stereocenters. The lowest BCUT2D eigenvalue weighted by Gasteiger charge is -2.20. The minimum atomic E-state index is 0.260. The number of halogens is 2. The second-order valence-electron chi connectivity index (χ2n) is 4.94. The predicted molar refractivity (Wildman–Crippen MR) is 89.8 cm³/mol. The van der Waals surface area contributed by atoms with Crippen LogP contribution in [0.25, 0.3) is 0 Å². The third kappa shape index (κ3) is 4.13. The van der Waals surface area contributed by atoms with Gasteiger partial charge in [-0.05, 0) is 48.9 Å². The molecule has 1 atom stereocenters. The van der Waals surface area contributed by atoms with Crippen LogP contribution in [-0.2, 0) is 6.42 Å². The van der Waals surface area contributed by atoms with Gasteiger partial charge < -0.3 is 10.1 Å². The zero-order valence-electron chi connectivity index (χ0n) is 12.2. The molecule has 0 amide bonds. The molecule has 0 saturated heterocycles. The van der Waals surface area contributed by atoms with E-state index >= 15 is 0 Å². The van der Waals surface area contributed by atoms with Crippen molar-refractivity contribution in [1.82, 2.24) is 5.32 Å². The van der Waals surface area contributed by atoms with Crippen molar-refractivity contribution in [2.24, 2.45) is 0 Å². The van der Waals surface area contributed by atoms with Gasteiger partial charge in [0.05, 0.1) is 7.11 Å². The van der Waals surface area contributed by atoms with E-state index in [2.05, 4.69) is 11.4 Å². The molecule has 0 fully saturated rings. The third-order valence-electron chi connectivity index (χ3n) is 3.50. The molecule has 21 heavy (non-hydrogen) atoms. The van der Waals surface area contributed by atoms with Crippen molar-refractivity contribution in [2.75, 3.05) is 20.7 Å². The largest absolute Gasteiger partial charge is 0.496 e. The highest BCUT2D eigenvalue weighted by atomic mass is 35.5. The van der Waals surface area contributed by atoms with Crippen molar-refractivity contribution in [2.45, 2.75) is 12.3 Å². The smallest absolute Gasteiger partial charge is 0.122 e. The van der Waals surface area contributed by atoms with Gasteiger partial charge in [-0.15, -0.1) is 0 Å². The molecule has 2 rings (SSSR count). The van der Waals surface area contributed by atoms with Gasteiger partial charge in [0.1, 0.15) is 5.75 Å². The number of nitrogens with one attached hydrogen (secondary N) is 1. The van der Waals surface area contributed by atoms with Crippen LogP contribution in [0.2, 0.25) is 10.0 Å². The Morgan fingerprint density at radius 3 is 2.57 bits per heavy atom. The second kappa shape index (κ2) is 7.69. The van der Waals surface area contributed by atoms with Gasteiger partial charge in [-0.3, -0.25) is 0 Å². The number of benzene rings is 2. The van der Waals surface area contributed by atoms with Gasteiger partial charge in [0.15, 0.2) is 0 Å². The molecule has 0 aliphatic rings. The summed E-state index contributed by atoms with van der Waals surface area (Å²) in [6.07, 6.45) is 0.814. The molecule has 0 aliphatic heterocycles. The van der Waals surface area contributed by atoms with E-state index in [0.717, 1.165) is 34.9 Å². The fourth-order valence-corrected chi connectivity index (χ4v) is 3.00. The first-order valence-corrected chi connectivity index (χ1v) is 7.62. The molecule has 2 nitrogen and oxygen atoms in total. The third-order valence-corrected chi connectivity index (χ3v) is 4.08. The van der Waals surface area contributed by atoms with Crippen LogP contribution in [0.4, 0.5) is 0 Å². The molecule has 0 radical (unpaired) electrons. The molecular weight excluding hydrogens is 305 g/mol. The van der Waals surface area contributed by atoms with E-state index in [1.807, 2.05) is 43.4 Å². The topological polar surface area (TPSA) is 21.3 Å². The van der Waals surface area contributed by atoms with Crippen molar-refractivity contribution in [3.63, 3.8) is 0 Å². The van der Waals surface area contributed by atoms with E-state index in [-0.39, 0.29) is 5.92 Å². The summed E-state index contributed by atoms with van der Waals surface area (Å²) in [6, 6.07) is 13.7. The van der Waals surface area contributed by atoms with Crippen LogP contribution in [0.3, 0.4) is 0 Å². The Labute approximate surface area is 136 Å². The van der Waals surface area contributed by atoms with Crippen LogP contribution in [0.5, 0.6) is 5.75 Å². The maximum atomic E-state index is 6.34. The molecule has 2 aromatic carbocycles. The summed E-state index contributed by atoms with van der Waals surface area (Å²) in [7, 11) is 3.62. The van der Waals surface area contributed by atoms with Gasteiger partial charge in [-0.25, -0.2) is 0 Å². The van der Waals surface area contributed by atoms with Gasteiger partial charge in [0.2, 0.25) is 0 Å². The number of rotatable bonds is 6. The summed E-state index contributed by atoms with van der Waals surface area (Å²) in [5, 5.41) is 4.74. The number of hydrogen-bond acceptors (Lipinski definition) is 2. The van der Waals surface area contributed by atoms with E-state index in [0.29, 0.717) is 5.02 Å². The van der Waals surface area contributed by atoms with Crippen LogP contribution >= 0.6 is 23.2 Å². The molecule has 0 aromatic heterocycles. The van der Waals surface area contributed by atoms with Crippen molar-refractivity contribution in [1.29, 1.82) is 0 Å². The monoisotopic (exact) mass is 323 g/mol. The summed E-state index contributed by atoms with van der Waals surface area (Å²) in [6.45, 7) is 0.833. The summed E-state index contributed by atoms with van der Waals surface area (Å²) >= 11 is 12.5.